The molecule has 0 aliphatic heterocycles. The van der Waals surface area contributed by atoms with Gasteiger partial charge in [0.25, 0.3) is 15.9 Å². The van der Waals surface area contributed by atoms with E-state index in [1.807, 2.05) is 27.7 Å². The molecule has 1 atom stereocenters. The van der Waals surface area contributed by atoms with Crippen LogP contribution in [0, 0.1) is 26.7 Å². The molecule has 0 heterocycles. The Hall–Kier alpha value is -2.87. The van der Waals surface area contributed by atoms with Gasteiger partial charge in [0.1, 0.15) is 0 Å². The molecule has 2 aromatic rings. The number of benzene rings is 2. The zero-order valence-electron chi connectivity index (χ0n) is 18.8. The van der Waals surface area contributed by atoms with Crippen LogP contribution in [0.2, 0.25) is 0 Å². The maximum absolute atomic E-state index is 13.1. The SMILES string of the molecule is Cc1cc(C)c(S(=O)(=O)Nc2ccccc2C(=O)OCC(=O)NC(C)C(C)C)c(C)c1. The van der Waals surface area contributed by atoms with Gasteiger partial charge in [-0.1, -0.05) is 43.7 Å². The number of hydrogen-bond donors (Lipinski definition) is 2. The molecule has 2 N–H and O–H groups in total. The van der Waals surface area contributed by atoms with Crippen molar-refractivity contribution in [2.45, 2.75) is 52.5 Å². The summed E-state index contributed by atoms with van der Waals surface area (Å²) in [7, 11) is -3.94. The molecule has 0 fully saturated rings. The lowest BCUT2D eigenvalue weighted by Gasteiger charge is -2.18. The van der Waals surface area contributed by atoms with E-state index in [1.165, 1.54) is 12.1 Å². The molecule has 0 bridgehead atoms. The van der Waals surface area contributed by atoms with Crippen LogP contribution in [0.1, 0.15) is 47.8 Å². The fourth-order valence-corrected chi connectivity index (χ4v) is 4.74. The minimum absolute atomic E-state index is 0.0261. The quantitative estimate of drug-likeness (QED) is 0.602. The van der Waals surface area contributed by atoms with Crippen LogP contribution in [0.3, 0.4) is 0 Å². The van der Waals surface area contributed by atoms with Crippen LogP contribution in [0.4, 0.5) is 5.69 Å². The van der Waals surface area contributed by atoms with Gasteiger partial charge in [0.05, 0.1) is 16.1 Å². The molecule has 0 aromatic heterocycles. The molecule has 168 valence electrons. The second-order valence-electron chi connectivity index (χ2n) is 8.06. The van der Waals surface area contributed by atoms with E-state index in [4.69, 9.17) is 4.74 Å². The molecular weight excluding hydrogens is 416 g/mol. The maximum Gasteiger partial charge on any atom is 0.340 e. The van der Waals surface area contributed by atoms with Crippen LogP contribution >= 0.6 is 0 Å². The Morgan fingerprint density at radius 2 is 1.58 bits per heavy atom. The van der Waals surface area contributed by atoms with E-state index in [9.17, 15) is 18.0 Å². The summed E-state index contributed by atoms with van der Waals surface area (Å²) in [6, 6.07) is 9.65. The van der Waals surface area contributed by atoms with Crippen molar-refractivity contribution < 1.29 is 22.7 Å². The van der Waals surface area contributed by atoms with E-state index in [1.54, 1.807) is 38.1 Å². The molecule has 1 amide bonds. The number of hydrogen-bond acceptors (Lipinski definition) is 5. The van der Waals surface area contributed by atoms with Crippen molar-refractivity contribution in [2.75, 3.05) is 11.3 Å². The summed E-state index contributed by atoms with van der Waals surface area (Å²) in [4.78, 5) is 24.7. The van der Waals surface area contributed by atoms with Gasteiger partial charge in [-0.05, 0) is 56.9 Å². The number of para-hydroxylation sites is 1. The summed E-state index contributed by atoms with van der Waals surface area (Å²) in [5.41, 5.74) is 2.30. The summed E-state index contributed by atoms with van der Waals surface area (Å²) in [5.74, 6) is -0.968. The van der Waals surface area contributed by atoms with Crippen molar-refractivity contribution in [2.24, 2.45) is 5.92 Å². The van der Waals surface area contributed by atoms with Crippen molar-refractivity contribution in [3.05, 3.63) is 58.7 Å². The second kappa shape index (κ2) is 9.96. The highest BCUT2D eigenvalue weighted by Gasteiger charge is 2.23. The Balaban J connectivity index is 2.20. The van der Waals surface area contributed by atoms with Gasteiger partial charge >= 0.3 is 5.97 Å². The molecule has 1 unspecified atom stereocenters. The first-order valence-electron chi connectivity index (χ1n) is 10.1. The molecule has 0 spiro atoms. The summed E-state index contributed by atoms with van der Waals surface area (Å²) < 4.78 is 33.7. The molecule has 2 rings (SSSR count). The Kier molecular flexibility index (Phi) is 7.84. The predicted octanol–water partition coefficient (Wildman–Crippen LogP) is 3.73. The number of rotatable bonds is 8. The van der Waals surface area contributed by atoms with Gasteiger partial charge < -0.3 is 10.1 Å². The number of nitrogens with one attached hydrogen (secondary N) is 2. The molecule has 2 aromatic carbocycles. The van der Waals surface area contributed by atoms with E-state index in [2.05, 4.69) is 10.0 Å². The minimum Gasteiger partial charge on any atom is -0.452 e. The maximum atomic E-state index is 13.1. The first-order chi connectivity index (χ1) is 14.4. The van der Waals surface area contributed by atoms with Gasteiger partial charge in [0.2, 0.25) is 0 Å². The van der Waals surface area contributed by atoms with E-state index < -0.39 is 28.5 Å². The number of aryl methyl sites for hydroxylation is 3. The Labute approximate surface area is 184 Å². The molecule has 0 aliphatic carbocycles. The zero-order chi connectivity index (χ0) is 23.3. The van der Waals surface area contributed by atoms with Crippen LogP contribution in [0.15, 0.2) is 41.3 Å². The number of esters is 1. The van der Waals surface area contributed by atoms with Crippen molar-refractivity contribution in [3.8, 4) is 0 Å². The van der Waals surface area contributed by atoms with Crippen molar-refractivity contribution in [1.29, 1.82) is 0 Å². The first kappa shape index (κ1) is 24.4. The fourth-order valence-electron chi connectivity index (χ4n) is 3.21. The lowest BCUT2D eigenvalue weighted by molar-refractivity contribution is -0.125. The molecular formula is C23H30N2O5S. The van der Waals surface area contributed by atoms with Gasteiger partial charge in [0, 0.05) is 6.04 Å². The fraction of sp³-hybridized carbons (Fsp3) is 0.391. The topological polar surface area (TPSA) is 102 Å². The van der Waals surface area contributed by atoms with Crippen LogP contribution < -0.4 is 10.0 Å². The highest BCUT2D eigenvalue weighted by atomic mass is 32.2. The van der Waals surface area contributed by atoms with Crippen molar-refractivity contribution >= 4 is 27.6 Å². The standard InChI is InChI=1S/C23H30N2O5S/c1-14(2)18(6)24-21(26)13-30-23(27)19-9-7-8-10-20(19)25-31(28,29)22-16(4)11-15(3)12-17(22)5/h7-12,14,18,25H,13H2,1-6H3,(H,24,26). The lowest BCUT2D eigenvalue weighted by Crippen LogP contribution is -2.38. The third-order valence-corrected chi connectivity index (χ3v) is 6.66. The molecule has 0 saturated carbocycles. The van der Waals surface area contributed by atoms with E-state index >= 15 is 0 Å². The predicted molar refractivity (Wildman–Crippen MR) is 121 cm³/mol. The van der Waals surface area contributed by atoms with Crippen LogP contribution in [0.5, 0.6) is 0 Å². The van der Waals surface area contributed by atoms with Gasteiger partial charge in [-0.2, -0.15) is 0 Å². The summed E-state index contributed by atoms with van der Waals surface area (Å²) in [6.07, 6.45) is 0. The molecule has 0 saturated heterocycles. The van der Waals surface area contributed by atoms with Crippen molar-refractivity contribution in [1.82, 2.24) is 5.32 Å². The van der Waals surface area contributed by atoms with Gasteiger partial charge in [0.15, 0.2) is 6.61 Å². The first-order valence-corrected chi connectivity index (χ1v) is 11.6. The van der Waals surface area contributed by atoms with E-state index in [0.29, 0.717) is 11.1 Å². The number of sulfonamides is 1. The second-order valence-corrected chi connectivity index (χ2v) is 9.67. The number of anilines is 1. The minimum atomic E-state index is -3.94. The molecule has 0 aliphatic rings. The molecule has 31 heavy (non-hydrogen) atoms. The average molecular weight is 447 g/mol. The van der Waals surface area contributed by atoms with E-state index in [0.717, 1.165) is 5.56 Å². The number of carbonyl (C=O) groups excluding carboxylic acids is 2. The van der Waals surface area contributed by atoms with Gasteiger partial charge in [-0.3, -0.25) is 9.52 Å². The van der Waals surface area contributed by atoms with Crippen LogP contribution in [-0.4, -0.2) is 32.9 Å². The molecule has 8 heteroatoms. The highest BCUT2D eigenvalue weighted by Crippen LogP contribution is 2.26. The molecule has 7 nitrogen and oxygen atoms in total. The Morgan fingerprint density at radius 1 is 1.00 bits per heavy atom. The van der Waals surface area contributed by atoms with Gasteiger partial charge in [-0.15, -0.1) is 0 Å². The number of carbonyl (C=O) groups is 2. The van der Waals surface area contributed by atoms with Crippen LogP contribution in [0.25, 0.3) is 0 Å². The van der Waals surface area contributed by atoms with E-state index in [-0.39, 0.29) is 28.1 Å². The summed E-state index contributed by atoms with van der Waals surface area (Å²) >= 11 is 0. The highest BCUT2D eigenvalue weighted by molar-refractivity contribution is 7.92. The summed E-state index contributed by atoms with van der Waals surface area (Å²) in [5, 5.41) is 2.75. The number of amides is 1. The third kappa shape index (κ3) is 6.30. The largest absolute Gasteiger partial charge is 0.452 e. The smallest absolute Gasteiger partial charge is 0.340 e. The number of ether oxygens (including phenoxy) is 1. The van der Waals surface area contributed by atoms with Crippen LogP contribution in [-0.2, 0) is 19.6 Å². The monoisotopic (exact) mass is 446 g/mol. The lowest BCUT2D eigenvalue weighted by atomic mass is 10.1. The van der Waals surface area contributed by atoms with Gasteiger partial charge in [-0.25, -0.2) is 13.2 Å². The zero-order valence-corrected chi connectivity index (χ0v) is 19.6. The normalized spacial score (nSPS) is 12.4. The molecule has 0 radical (unpaired) electrons. The Morgan fingerprint density at radius 3 is 2.16 bits per heavy atom. The third-order valence-electron chi connectivity index (χ3n) is 4.99. The average Bonchev–Trinajstić information content (AvgIpc) is 2.64. The summed E-state index contributed by atoms with van der Waals surface area (Å²) in [6.45, 7) is 10.7. The Bertz CT molecular complexity index is 1050. The van der Waals surface area contributed by atoms with Crippen molar-refractivity contribution in [3.63, 3.8) is 0 Å².